The number of benzene rings is 1. The lowest BCUT2D eigenvalue weighted by Crippen LogP contribution is -2.20. The molecule has 1 aromatic rings. The second-order valence-corrected chi connectivity index (χ2v) is 5.94. The second-order valence-electron chi connectivity index (χ2n) is 5.94. The van der Waals surface area contributed by atoms with E-state index in [0.29, 0.717) is 13.0 Å². The Labute approximate surface area is 121 Å². The maximum atomic E-state index is 8.87. The minimum Gasteiger partial charge on any atom is -0.493 e. The highest BCUT2D eigenvalue weighted by Gasteiger charge is 2.43. The van der Waals surface area contributed by atoms with Crippen LogP contribution in [0.2, 0.25) is 0 Å². The molecule has 1 aliphatic carbocycles. The Bertz CT molecular complexity index is 500. The molecular weight excluding hydrogens is 248 g/mol. The summed E-state index contributed by atoms with van der Waals surface area (Å²) >= 11 is 0. The molecule has 0 spiro atoms. The molecule has 0 bridgehead atoms. The number of hydrogen-bond donors (Lipinski definition) is 1. The first-order valence-corrected chi connectivity index (χ1v) is 7.44. The van der Waals surface area contributed by atoms with E-state index in [-0.39, 0.29) is 11.5 Å². The molecule has 0 saturated heterocycles. The number of nitriles is 1. The number of hydrogen-bond acceptors (Lipinski definition) is 3. The average molecular weight is 272 g/mol. The molecule has 1 aliphatic rings. The van der Waals surface area contributed by atoms with Gasteiger partial charge in [0.25, 0.3) is 0 Å². The Balaban J connectivity index is 2.09. The van der Waals surface area contributed by atoms with Gasteiger partial charge in [-0.3, -0.25) is 0 Å². The van der Waals surface area contributed by atoms with Gasteiger partial charge in [0, 0.05) is 23.4 Å². The first-order chi connectivity index (χ1) is 9.60. The lowest BCUT2D eigenvalue weighted by Gasteiger charge is -2.20. The zero-order valence-corrected chi connectivity index (χ0v) is 12.7. The van der Waals surface area contributed by atoms with E-state index in [4.69, 9.17) is 10.00 Å². The fourth-order valence-electron chi connectivity index (χ4n) is 2.50. The molecule has 0 heterocycles. The van der Waals surface area contributed by atoms with E-state index in [2.05, 4.69) is 50.4 Å². The van der Waals surface area contributed by atoms with Crippen molar-refractivity contribution in [3.05, 3.63) is 29.3 Å². The lowest BCUT2D eigenvalue weighted by atomic mass is 10.0. The van der Waals surface area contributed by atoms with Gasteiger partial charge in [0.15, 0.2) is 0 Å². The van der Waals surface area contributed by atoms with Crippen LogP contribution in [0.4, 0.5) is 0 Å². The summed E-state index contributed by atoms with van der Waals surface area (Å²) in [5, 5.41) is 12.3. The van der Waals surface area contributed by atoms with E-state index in [1.807, 2.05) is 0 Å². The fourth-order valence-corrected chi connectivity index (χ4v) is 2.50. The first kappa shape index (κ1) is 14.9. The summed E-state index contributed by atoms with van der Waals surface area (Å²) in [5.74, 6) is 0.952. The van der Waals surface area contributed by atoms with Crippen molar-refractivity contribution < 1.29 is 4.74 Å². The van der Waals surface area contributed by atoms with Gasteiger partial charge in [0.1, 0.15) is 5.75 Å². The molecule has 2 rings (SSSR count). The molecular formula is C17H24N2O. The van der Waals surface area contributed by atoms with E-state index in [9.17, 15) is 0 Å². The van der Waals surface area contributed by atoms with E-state index in [0.717, 1.165) is 25.1 Å². The Morgan fingerprint density at radius 2 is 2.20 bits per heavy atom. The van der Waals surface area contributed by atoms with Crippen molar-refractivity contribution in [2.24, 2.45) is 5.41 Å². The van der Waals surface area contributed by atoms with Crippen LogP contribution in [0.15, 0.2) is 18.2 Å². The van der Waals surface area contributed by atoms with Crippen molar-refractivity contribution in [2.45, 2.75) is 46.1 Å². The van der Waals surface area contributed by atoms with Gasteiger partial charge in [-0.05, 0) is 39.3 Å². The normalized spacial score (nSPS) is 17.3. The van der Waals surface area contributed by atoms with Crippen LogP contribution in [-0.4, -0.2) is 13.2 Å². The molecule has 1 saturated carbocycles. The standard InChI is InChI=1S/C17H24N2O/c1-4-19-14(3)15-11-13(2)5-6-16(15)20-12-17(7-8-17)9-10-18/h5-6,11,14,19H,4,7-9,12H2,1-3H3. The highest BCUT2D eigenvalue weighted by Crippen LogP contribution is 2.49. The van der Waals surface area contributed by atoms with Gasteiger partial charge in [-0.15, -0.1) is 0 Å². The van der Waals surface area contributed by atoms with Crippen molar-refractivity contribution >= 4 is 0 Å². The Kier molecular flexibility index (Phi) is 4.67. The van der Waals surface area contributed by atoms with Gasteiger partial charge in [-0.2, -0.15) is 5.26 Å². The van der Waals surface area contributed by atoms with Gasteiger partial charge in [0.2, 0.25) is 0 Å². The maximum Gasteiger partial charge on any atom is 0.124 e. The molecule has 108 valence electrons. The van der Waals surface area contributed by atoms with Gasteiger partial charge in [-0.1, -0.05) is 24.6 Å². The van der Waals surface area contributed by atoms with Gasteiger partial charge < -0.3 is 10.1 Å². The third-order valence-corrected chi connectivity index (χ3v) is 4.09. The number of nitrogens with zero attached hydrogens (tertiary/aromatic N) is 1. The molecule has 1 atom stereocenters. The van der Waals surface area contributed by atoms with Crippen LogP contribution in [0.25, 0.3) is 0 Å². The number of rotatable bonds is 7. The van der Waals surface area contributed by atoms with Crippen molar-refractivity contribution in [1.29, 1.82) is 5.26 Å². The zero-order valence-electron chi connectivity index (χ0n) is 12.7. The number of ether oxygens (including phenoxy) is 1. The molecule has 0 aromatic heterocycles. The van der Waals surface area contributed by atoms with Gasteiger partial charge in [-0.25, -0.2) is 0 Å². The van der Waals surface area contributed by atoms with Crippen molar-refractivity contribution in [3.63, 3.8) is 0 Å². The van der Waals surface area contributed by atoms with E-state index >= 15 is 0 Å². The van der Waals surface area contributed by atoms with Crippen LogP contribution in [0.3, 0.4) is 0 Å². The Morgan fingerprint density at radius 3 is 2.80 bits per heavy atom. The van der Waals surface area contributed by atoms with Crippen LogP contribution in [0, 0.1) is 23.7 Å². The Hall–Kier alpha value is -1.53. The van der Waals surface area contributed by atoms with Crippen molar-refractivity contribution in [1.82, 2.24) is 5.32 Å². The summed E-state index contributed by atoms with van der Waals surface area (Å²) in [6, 6.07) is 8.89. The van der Waals surface area contributed by atoms with Gasteiger partial charge >= 0.3 is 0 Å². The van der Waals surface area contributed by atoms with E-state index < -0.39 is 0 Å². The third kappa shape index (κ3) is 3.52. The third-order valence-electron chi connectivity index (χ3n) is 4.09. The molecule has 1 N–H and O–H groups in total. The number of nitrogens with one attached hydrogen (secondary N) is 1. The molecule has 1 fully saturated rings. The minimum atomic E-state index is 0.123. The van der Waals surface area contributed by atoms with Crippen molar-refractivity contribution in [3.8, 4) is 11.8 Å². The van der Waals surface area contributed by atoms with Crippen LogP contribution >= 0.6 is 0 Å². The maximum absolute atomic E-state index is 8.87. The molecule has 3 nitrogen and oxygen atoms in total. The zero-order chi connectivity index (χ0) is 14.6. The summed E-state index contributed by atoms with van der Waals surface area (Å²) in [4.78, 5) is 0. The molecule has 1 aromatic carbocycles. The molecule has 20 heavy (non-hydrogen) atoms. The highest BCUT2D eigenvalue weighted by atomic mass is 16.5. The summed E-state index contributed by atoms with van der Waals surface area (Å²) in [6.07, 6.45) is 2.84. The summed E-state index contributed by atoms with van der Waals surface area (Å²) in [5.41, 5.74) is 2.58. The Morgan fingerprint density at radius 1 is 1.45 bits per heavy atom. The predicted octanol–water partition coefficient (Wildman–Crippen LogP) is 3.74. The monoisotopic (exact) mass is 272 g/mol. The highest BCUT2D eigenvalue weighted by molar-refractivity contribution is 5.39. The van der Waals surface area contributed by atoms with Crippen LogP contribution in [0.5, 0.6) is 5.75 Å². The first-order valence-electron chi connectivity index (χ1n) is 7.44. The summed E-state index contributed by atoms with van der Waals surface area (Å²) in [6.45, 7) is 7.97. The SMILES string of the molecule is CCNC(C)c1cc(C)ccc1OCC1(CC#N)CC1. The quantitative estimate of drug-likeness (QED) is 0.822. The second kappa shape index (κ2) is 6.28. The minimum absolute atomic E-state index is 0.123. The molecule has 3 heteroatoms. The van der Waals surface area contributed by atoms with E-state index in [1.165, 1.54) is 11.1 Å². The van der Waals surface area contributed by atoms with E-state index in [1.54, 1.807) is 0 Å². The molecule has 0 amide bonds. The van der Waals surface area contributed by atoms with Crippen LogP contribution in [-0.2, 0) is 0 Å². The van der Waals surface area contributed by atoms with Crippen LogP contribution < -0.4 is 10.1 Å². The molecule has 1 unspecified atom stereocenters. The average Bonchev–Trinajstić information content (AvgIpc) is 3.18. The fraction of sp³-hybridized carbons (Fsp3) is 0.588. The number of aryl methyl sites for hydroxylation is 1. The summed E-state index contributed by atoms with van der Waals surface area (Å²) < 4.78 is 6.05. The molecule has 0 aliphatic heterocycles. The topological polar surface area (TPSA) is 45.0 Å². The van der Waals surface area contributed by atoms with Crippen molar-refractivity contribution in [2.75, 3.05) is 13.2 Å². The molecule has 0 radical (unpaired) electrons. The van der Waals surface area contributed by atoms with Gasteiger partial charge in [0.05, 0.1) is 12.7 Å². The largest absolute Gasteiger partial charge is 0.493 e. The smallest absolute Gasteiger partial charge is 0.124 e. The predicted molar refractivity (Wildman–Crippen MR) is 80.7 cm³/mol. The van der Waals surface area contributed by atoms with Crippen LogP contribution in [0.1, 0.15) is 50.3 Å². The lowest BCUT2D eigenvalue weighted by molar-refractivity contribution is 0.233. The summed E-state index contributed by atoms with van der Waals surface area (Å²) in [7, 11) is 0.